The van der Waals surface area contributed by atoms with Gasteiger partial charge in [-0.05, 0) is 6.92 Å². The Bertz CT molecular complexity index is 879. The molecule has 29 heavy (non-hydrogen) atoms. The largest absolute Gasteiger partial charge is 0.451 e. The lowest BCUT2D eigenvalue weighted by molar-refractivity contribution is -0.190. The zero-order valence-corrected chi connectivity index (χ0v) is 14.7. The number of hydrogen-bond acceptors (Lipinski definition) is 6. The van der Waals surface area contributed by atoms with Gasteiger partial charge in [0.05, 0.1) is 19.5 Å². The number of alkyl halides is 8. The van der Waals surface area contributed by atoms with Gasteiger partial charge in [0.2, 0.25) is 5.65 Å². The fourth-order valence-electron chi connectivity index (χ4n) is 2.56. The van der Waals surface area contributed by atoms with Gasteiger partial charge in [0.1, 0.15) is 0 Å². The molecule has 0 amide bonds. The quantitative estimate of drug-likeness (QED) is 0.673. The SMILES string of the molecule is CC(Oc1nc(N2CCC(F)(F)C2)c2nn(CCC(F)(F)F)nc2n1)C(F)(F)F. The van der Waals surface area contributed by atoms with Crippen molar-refractivity contribution in [2.24, 2.45) is 0 Å². The van der Waals surface area contributed by atoms with E-state index in [1.54, 1.807) is 0 Å². The van der Waals surface area contributed by atoms with E-state index in [9.17, 15) is 35.1 Å². The van der Waals surface area contributed by atoms with Crippen LogP contribution >= 0.6 is 0 Å². The number of rotatable bonds is 5. The molecule has 3 heterocycles. The number of ether oxygens (including phenoxy) is 1. The highest BCUT2D eigenvalue weighted by molar-refractivity contribution is 5.83. The molecule has 3 rings (SSSR count). The highest BCUT2D eigenvalue weighted by Gasteiger charge is 2.41. The Morgan fingerprint density at radius 2 is 1.79 bits per heavy atom. The number of fused-ring (bicyclic) bond motifs is 1. The average Bonchev–Trinajstić information content (AvgIpc) is 3.13. The van der Waals surface area contributed by atoms with Crippen LogP contribution in [0.4, 0.5) is 40.9 Å². The van der Waals surface area contributed by atoms with Gasteiger partial charge in [-0.15, -0.1) is 10.2 Å². The van der Waals surface area contributed by atoms with E-state index < -0.39 is 56.3 Å². The molecule has 2 aromatic heterocycles. The Balaban J connectivity index is 1.98. The first-order valence-corrected chi connectivity index (χ1v) is 8.29. The lowest BCUT2D eigenvalue weighted by Crippen LogP contribution is -2.32. The zero-order chi connectivity index (χ0) is 21.6. The third-order valence-electron chi connectivity index (χ3n) is 4.06. The van der Waals surface area contributed by atoms with Gasteiger partial charge < -0.3 is 9.64 Å². The normalized spacial score (nSPS) is 18.4. The minimum atomic E-state index is -4.75. The second-order valence-corrected chi connectivity index (χ2v) is 6.49. The molecule has 0 aromatic carbocycles. The number of aromatic nitrogens is 5. The number of hydrogen-bond donors (Lipinski definition) is 0. The van der Waals surface area contributed by atoms with Gasteiger partial charge in [0.25, 0.3) is 5.92 Å². The van der Waals surface area contributed by atoms with Crippen molar-refractivity contribution in [3.63, 3.8) is 0 Å². The van der Waals surface area contributed by atoms with Gasteiger partial charge in [-0.1, -0.05) is 0 Å². The van der Waals surface area contributed by atoms with E-state index in [1.807, 2.05) is 0 Å². The summed E-state index contributed by atoms with van der Waals surface area (Å²) in [4.78, 5) is 9.08. The highest BCUT2D eigenvalue weighted by Crippen LogP contribution is 2.34. The Morgan fingerprint density at radius 3 is 2.34 bits per heavy atom. The molecular weight excluding hydrogens is 420 g/mol. The molecule has 1 fully saturated rings. The Kier molecular flexibility index (Phi) is 5.19. The van der Waals surface area contributed by atoms with Crippen LogP contribution in [0.15, 0.2) is 0 Å². The summed E-state index contributed by atoms with van der Waals surface area (Å²) < 4.78 is 107. The molecule has 7 nitrogen and oxygen atoms in total. The first kappa shape index (κ1) is 21.2. The maximum Gasteiger partial charge on any atom is 0.425 e. The summed E-state index contributed by atoms with van der Waals surface area (Å²) in [5.41, 5.74) is -0.575. The van der Waals surface area contributed by atoms with Crippen molar-refractivity contribution in [1.82, 2.24) is 25.0 Å². The monoisotopic (exact) mass is 434 g/mol. The maximum absolute atomic E-state index is 13.6. The third-order valence-corrected chi connectivity index (χ3v) is 4.06. The topological polar surface area (TPSA) is 69.0 Å². The van der Waals surface area contributed by atoms with E-state index in [1.165, 1.54) is 0 Å². The fraction of sp³-hybridized carbons (Fsp3) is 0.714. The summed E-state index contributed by atoms with van der Waals surface area (Å²) >= 11 is 0. The molecule has 0 saturated carbocycles. The Labute approximate surface area is 157 Å². The summed E-state index contributed by atoms with van der Waals surface area (Å²) in [7, 11) is 0. The fourth-order valence-corrected chi connectivity index (χ4v) is 2.56. The second kappa shape index (κ2) is 7.09. The molecule has 0 aliphatic carbocycles. The van der Waals surface area contributed by atoms with E-state index in [0.717, 1.165) is 4.90 Å². The smallest absolute Gasteiger partial charge is 0.425 e. The van der Waals surface area contributed by atoms with Crippen molar-refractivity contribution in [1.29, 1.82) is 0 Å². The minimum absolute atomic E-state index is 0.192. The van der Waals surface area contributed by atoms with Gasteiger partial charge in [0.15, 0.2) is 17.4 Å². The van der Waals surface area contributed by atoms with E-state index >= 15 is 0 Å². The second-order valence-electron chi connectivity index (χ2n) is 6.49. The van der Waals surface area contributed by atoms with Crippen molar-refractivity contribution >= 4 is 17.0 Å². The van der Waals surface area contributed by atoms with Crippen molar-refractivity contribution in [3.8, 4) is 6.01 Å². The number of anilines is 1. The summed E-state index contributed by atoms with van der Waals surface area (Å²) in [6.45, 7) is -0.979. The predicted octanol–water partition coefficient (Wildman–Crippen LogP) is 3.35. The maximum atomic E-state index is 13.6. The van der Waals surface area contributed by atoms with Crippen LogP contribution in [0.1, 0.15) is 19.8 Å². The molecule has 0 bridgehead atoms. The van der Waals surface area contributed by atoms with Gasteiger partial charge in [-0.3, -0.25) is 0 Å². The van der Waals surface area contributed by atoms with Crippen LogP contribution in [-0.4, -0.2) is 62.4 Å². The van der Waals surface area contributed by atoms with E-state index in [2.05, 4.69) is 24.9 Å². The summed E-state index contributed by atoms with van der Waals surface area (Å²) in [6.07, 6.45) is -13.4. The number of aryl methyl sites for hydroxylation is 1. The first-order chi connectivity index (χ1) is 13.2. The Morgan fingerprint density at radius 1 is 1.10 bits per heavy atom. The van der Waals surface area contributed by atoms with Gasteiger partial charge >= 0.3 is 18.4 Å². The van der Waals surface area contributed by atoms with Gasteiger partial charge in [-0.25, -0.2) is 8.78 Å². The van der Waals surface area contributed by atoms with Crippen LogP contribution in [0.2, 0.25) is 0 Å². The standard InChI is InChI=1S/C14H14F8N6O/c1-7(14(20,21)22)29-11-23-9-8(25-28(26-9)5-3-13(17,18)19)10(24-11)27-4-2-12(15,16)6-27/h7H,2-6H2,1H3. The van der Waals surface area contributed by atoms with Crippen LogP contribution < -0.4 is 9.64 Å². The van der Waals surface area contributed by atoms with Gasteiger partial charge in [0, 0.05) is 13.0 Å². The molecule has 0 radical (unpaired) electrons. The van der Waals surface area contributed by atoms with Crippen LogP contribution in [0.5, 0.6) is 6.01 Å². The average molecular weight is 434 g/mol. The third kappa shape index (κ3) is 5.12. The van der Waals surface area contributed by atoms with Crippen molar-refractivity contribution < 1.29 is 39.9 Å². The van der Waals surface area contributed by atoms with Crippen molar-refractivity contribution in [2.45, 2.75) is 50.7 Å². The lowest BCUT2D eigenvalue weighted by atomic mass is 10.3. The highest BCUT2D eigenvalue weighted by atomic mass is 19.4. The van der Waals surface area contributed by atoms with Crippen LogP contribution in [-0.2, 0) is 6.54 Å². The van der Waals surface area contributed by atoms with Crippen LogP contribution in [0.25, 0.3) is 11.2 Å². The minimum Gasteiger partial charge on any atom is -0.451 e. The first-order valence-electron chi connectivity index (χ1n) is 8.29. The van der Waals surface area contributed by atoms with Crippen molar-refractivity contribution in [2.75, 3.05) is 18.0 Å². The molecule has 162 valence electrons. The number of halogens is 8. The predicted molar refractivity (Wildman–Crippen MR) is 81.7 cm³/mol. The molecule has 1 unspecified atom stereocenters. The Hall–Kier alpha value is -2.48. The van der Waals surface area contributed by atoms with Crippen LogP contribution in [0.3, 0.4) is 0 Å². The summed E-state index contributed by atoms with van der Waals surface area (Å²) in [6, 6.07) is -0.796. The molecule has 2 aromatic rings. The lowest BCUT2D eigenvalue weighted by Gasteiger charge is -2.19. The van der Waals surface area contributed by atoms with Crippen LogP contribution in [0, 0.1) is 0 Å². The van der Waals surface area contributed by atoms with E-state index in [-0.39, 0.29) is 23.5 Å². The molecule has 1 aliphatic rings. The molecule has 0 N–H and O–H groups in total. The molecule has 0 spiro atoms. The molecule has 15 heteroatoms. The summed E-state index contributed by atoms with van der Waals surface area (Å²) in [5.74, 6) is -3.35. The van der Waals surface area contributed by atoms with Gasteiger partial charge in [-0.2, -0.15) is 41.1 Å². The number of nitrogens with zero attached hydrogens (tertiary/aromatic N) is 6. The zero-order valence-electron chi connectivity index (χ0n) is 14.7. The molecular formula is C14H14F8N6O. The van der Waals surface area contributed by atoms with Crippen molar-refractivity contribution in [3.05, 3.63) is 0 Å². The van der Waals surface area contributed by atoms with E-state index in [0.29, 0.717) is 11.7 Å². The molecule has 1 atom stereocenters. The van der Waals surface area contributed by atoms with E-state index in [4.69, 9.17) is 0 Å². The molecule has 1 saturated heterocycles. The molecule has 1 aliphatic heterocycles. The summed E-state index contributed by atoms with van der Waals surface area (Å²) in [5, 5.41) is 7.49.